The Labute approximate surface area is 374 Å². The van der Waals surface area contributed by atoms with Gasteiger partial charge in [-0.05, 0) is 105 Å². The van der Waals surface area contributed by atoms with Crippen molar-refractivity contribution in [3.8, 4) is 44.9 Å². The molecule has 0 unspecified atom stereocenters. The van der Waals surface area contributed by atoms with E-state index >= 15 is 0 Å². The van der Waals surface area contributed by atoms with Gasteiger partial charge in [-0.15, -0.1) is 0 Å². The Hall–Kier alpha value is -8.60. The molecule has 2 aromatic heterocycles. The van der Waals surface area contributed by atoms with Gasteiger partial charge in [0.2, 0.25) is 0 Å². The van der Waals surface area contributed by atoms with Gasteiger partial charge in [0, 0.05) is 44.0 Å². The number of benzene rings is 10. The van der Waals surface area contributed by atoms with E-state index in [4.69, 9.17) is 13.6 Å². The number of nitrogens with zero attached hydrogens (tertiary/aromatic N) is 1. The number of hydrogen-bond acceptors (Lipinski definition) is 4. The molecule has 0 fully saturated rings. The van der Waals surface area contributed by atoms with Crippen molar-refractivity contribution >= 4 is 60.9 Å². The van der Waals surface area contributed by atoms with Gasteiger partial charge >= 0.3 is 0 Å². The lowest BCUT2D eigenvalue weighted by molar-refractivity contribution is 0.437. The number of para-hydroxylation sites is 2. The monoisotopic (exact) mass is 831 g/mol. The molecule has 65 heavy (non-hydrogen) atoms. The smallest absolute Gasteiger partial charge is 0.156 e. The molecule has 0 saturated heterocycles. The van der Waals surface area contributed by atoms with Crippen molar-refractivity contribution in [1.29, 1.82) is 0 Å². The van der Waals surface area contributed by atoms with E-state index in [-0.39, 0.29) is 0 Å². The second-order valence-corrected chi connectivity index (χ2v) is 17.1. The molecule has 0 saturated carbocycles. The molecule has 10 aromatic carbocycles. The molecule has 2 aliphatic rings. The van der Waals surface area contributed by atoms with Crippen molar-refractivity contribution in [3.05, 3.63) is 247 Å². The first-order valence-electron chi connectivity index (χ1n) is 22.2. The third-order valence-corrected chi connectivity index (χ3v) is 13.7. The average Bonchev–Trinajstić information content (AvgIpc) is 4.03. The molecule has 0 amide bonds. The molecule has 1 aliphatic heterocycles. The van der Waals surface area contributed by atoms with Crippen LogP contribution in [0.2, 0.25) is 0 Å². The number of hydrogen-bond donors (Lipinski definition) is 0. The Morgan fingerprint density at radius 2 is 0.800 bits per heavy atom. The highest BCUT2D eigenvalue weighted by atomic mass is 16.5. The zero-order valence-electron chi connectivity index (χ0n) is 35.0. The number of anilines is 3. The molecule has 0 atom stereocenters. The first kappa shape index (κ1) is 35.9. The minimum atomic E-state index is -0.621. The lowest BCUT2D eigenvalue weighted by Gasteiger charge is -2.41. The number of ether oxygens (including phenoxy) is 1. The molecule has 0 radical (unpaired) electrons. The zero-order valence-corrected chi connectivity index (χ0v) is 35.0. The van der Waals surface area contributed by atoms with Crippen LogP contribution in [0.4, 0.5) is 17.1 Å². The summed E-state index contributed by atoms with van der Waals surface area (Å²) in [5, 5.41) is 4.24. The summed E-state index contributed by atoms with van der Waals surface area (Å²) in [6.07, 6.45) is 0. The van der Waals surface area contributed by atoms with Crippen molar-refractivity contribution in [2.45, 2.75) is 5.41 Å². The Bertz CT molecular complexity index is 3680. The molecule has 3 heterocycles. The number of rotatable bonds is 5. The van der Waals surface area contributed by atoms with Crippen LogP contribution in [0, 0.1) is 0 Å². The Balaban J connectivity index is 1.07. The van der Waals surface area contributed by atoms with E-state index in [0.717, 1.165) is 106 Å². The summed E-state index contributed by atoms with van der Waals surface area (Å²) >= 11 is 0. The molecule has 1 aliphatic carbocycles. The van der Waals surface area contributed by atoms with Crippen LogP contribution in [0.1, 0.15) is 22.3 Å². The van der Waals surface area contributed by atoms with Crippen molar-refractivity contribution < 1.29 is 13.6 Å². The number of furan rings is 2. The first-order chi connectivity index (χ1) is 32.2. The van der Waals surface area contributed by atoms with Crippen LogP contribution in [0.25, 0.3) is 77.3 Å². The van der Waals surface area contributed by atoms with E-state index in [1.54, 1.807) is 0 Å². The highest BCUT2D eigenvalue weighted by molar-refractivity contribution is 6.15. The summed E-state index contributed by atoms with van der Waals surface area (Å²) in [5.41, 5.74) is 17.3. The van der Waals surface area contributed by atoms with Crippen molar-refractivity contribution in [2.24, 2.45) is 0 Å². The van der Waals surface area contributed by atoms with Crippen LogP contribution in [0.3, 0.4) is 0 Å². The molecule has 12 aromatic rings. The highest BCUT2D eigenvalue weighted by Gasteiger charge is 2.51. The second-order valence-electron chi connectivity index (χ2n) is 17.1. The fourth-order valence-electron chi connectivity index (χ4n) is 11.1. The molecule has 4 nitrogen and oxygen atoms in total. The number of fused-ring (bicyclic) bond motifs is 15. The zero-order chi connectivity index (χ0) is 42.6. The van der Waals surface area contributed by atoms with Crippen LogP contribution in [0.15, 0.2) is 233 Å². The minimum absolute atomic E-state index is 0.621. The quantitative estimate of drug-likeness (QED) is 0.173. The van der Waals surface area contributed by atoms with Crippen molar-refractivity contribution in [3.63, 3.8) is 0 Å². The normalized spacial score (nSPS) is 13.2. The molecule has 4 heteroatoms. The highest BCUT2D eigenvalue weighted by Crippen LogP contribution is 2.64. The SMILES string of the molecule is c1ccc(-c2cccc3oc4ccc(N(c5ccc6oc7cccc(-c8ccccc8)c7c6c5)c5cccc6c5Oc5ccccc5C65c6ccccc6-c6ccccc65)cc4c23)cc1. The standard InChI is InChI=1S/C61H37NO3/c1-3-16-38(17-4-1)42-22-13-30-56-58(42)46-36-40(32-34-53(46)63-56)62(41-33-35-54-47(37-41)59-43(23-14-31-57(59)64-54)39-18-5-2-6-19-39)52-28-15-27-51-60(52)65-55-29-12-11-26-50(55)61(51)48-24-9-7-20-44(48)45-21-8-10-25-49(45)61/h1-37H. The van der Waals surface area contributed by atoms with E-state index in [2.05, 4.69) is 229 Å². The molecule has 0 N–H and O–H groups in total. The van der Waals surface area contributed by atoms with Crippen LogP contribution < -0.4 is 9.64 Å². The molecular formula is C61H37NO3. The minimum Gasteiger partial charge on any atom is -0.456 e. The van der Waals surface area contributed by atoms with E-state index in [1.807, 2.05) is 0 Å². The summed E-state index contributed by atoms with van der Waals surface area (Å²) < 4.78 is 20.5. The summed E-state index contributed by atoms with van der Waals surface area (Å²) in [6, 6.07) is 80.0. The average molecular weight is 832 g/mol. The van der Waals surface area contributed by atoms with Gasteiger partial charge in [0.1, 0.15) is 28.1 Å². The van der Waals surface area contributed by atoms with Gasteiger partial charge in [-0.2, -0.15) is 0 Å². The molecular weight excluding hydrogens is 795 g/mol. The van der Waals surface area contributed by atoms with E-state index < -0.39 is 5.41 Å². The van der Waals surface area contributed by atoms with Gasteiger partial charge in [0.25, 0.3) is 0 Å². The maximum absolute atomic E-state index is 7.31. The van der Waals surface area contributed by atoms with E-state index in [9.17, 15) is 0 Å². The van der Waals surface area contributed by atoms with Gasteiger partial charge in [-0.3, -0.25) is 0 Å². The fraction of sp³-hybridized carbons (Fsp3) is 0.0164. The lowest BCUT2D eigenvalue weighted by Crippen LogP contribution is -2.32. The topological polar surface area (TPSA) is 38.8 Å². The van der Waals surface area contributed by atoms with E-state index in [1.165, 1.54) is 22.3 Å². The van der Waals surface area contributed by atoms with Gasteiger partial charge in [0.05, 0.1) is 11.1 Å². The molecule has 304 valence electrons. The fourth-order valence-corrected chi connectivity index (χ4v) is 11.1. The largest absolute Gasteiger partial charge is 0.456 e. The summed E-state index contributed by atoms with van der Waals surface area (Å²) in [7, 11) is 0. The molecule has 14 rings (SSSR count). The van der Waals surface area contributed by atoms with Gasteiger partial charge in [-0.25, -0.2) is 0 Å². The third-order valence-electron chi connectivity index (χ3n) is 13.7. The van der Waals surface area contributed by atoms with Crippen LogP contribution in [-0.4, -0.2) is 0 Å². The Kier molecular flexibility index (Phi) is 7.57. The van der Waals surface area contributed by atoms with Crippen molar-refractivity contribution in [1.82, 2.24) is 0 Å². The Morgan fingerprint density at radius 3 is 1.37 bits per heavy atom. The summed E-state index contributed by atoms with van der Waals surface area (Å²) in [5.74, 6) is 1.65. The van der Waals surface area contributed by atoms with Crippen LogP contribution in [-0.2, 0) is 5.41 Å². The van der Waals surface area contributed by atoms with Gasteiger partial charge in [0.15, 0.2) is 5.75 Å². The maximum Gasteiger partial charge on any atom is 0.156 e. The predicted octanol–water partition coefficient (Wildman–Crippen LogP) is 16.8. The van der Waals surface area contributed by atoms with E-state index in [0.29, 0.717) is 0 Å². The van der Waals surface area contributed by atoms with Crippen LogP contribution >= 0.6 is 0 Å². The molecule has 1 spiro atoms. The van der Waals surface area contributed by atoms with Crippen molar-refractivity contribution in [2.75, 3.05) is 4.90 Å². The first-order valence-corrected chi connectivity index (χ1v) is 22.2. The van der Waals surface area contributed by atoms with Gasteiger partial charge < -0.3 is 18.5 Å². The molecule has 0 bridgehead atoms. The predicted molar refractivity (Wildman–Crippen MR) is 264 cm³/mol. The third kappa shape index (κ3) is 5.08. The van der Waals surface area contributed by atoms with Gasteiger partial charge in [-0.1, -0.05) is 164 Å². The maximum atomic E-state index is 7.31. The summed E-state index contributed by atoms with van der Waals surface area (Å²) in [6.45, 7) is 0. The van der Waals surface area contributed by atoms with Crippen LogP contribution in [0.5, 0.6) is 11.5 Å². The Morgan fingerprint density at radius 1 is 0.338 bits per heavy atom. The lowest BCUT2D eigenvalue weighted by atomic mass is 9.66. The summed E-state index contributed by atoms with van der Waals surface area (Å²) in [4.78, 5) is 2.36. The second kappa shape index (κ2) is 13.7.